The first-order valence-electron chi connectivity index (χ1n) is 21.5. The van der Waals surface area contributed by atoms with Crippen molar-refractivity contribution in [2.75, 3.05) is 6.61 Å². The van der Waals surface area contributed by atoms with Gasteiger partial charge in [-0.15, -0.1) is 0 Å². The normalized spacial score (nSPS) is 12.3. The van der Waals surface area contributed by atoms with E-state index in [9.17, 15) is 4.79 Å². The summed E-state index contributed by atoms with van der Waals surface area (Å²) in [7, 11) is 0. The predicted molar refractivity (Wildman–Crippen MR) is 207 cm³/mol. The molecule has 0 amide bonds. The summed E-state index contributed by atoms with van der Waals surface area (Å²) in [5.41, 5.74) is 0. The molecule has 0 aromatic rings. The van der Waals surface area contributed by atoms with Crippen LogP contribution in [-0.4, -0.2) is 12.6 Å². The fourth-order valence-electron chi connectivity index (χ4n) is 6.58. The van der Waals surface area contributed by atoms with Gasteiger partial charge in [0, 0.05) is 6.42 Å². The Kier molecular flexibility index (Phi) is 39.7. The third-order valence-corrected chi connectivity index (χ3v) is 10.2. The van der Waals surface area contributed by atoms with Crippen molar-refractivity contribution in [3.63, 3.8) is 0 Å². The molecule has 0 aliphatic rings. The smallest absolute Gasteiger partial charge is 0.305 e. The maximum Gasteiger partial charge on any atom is 0.305 e. The average Bonchev–Trinajstić information content (AvgIpc) is 3.06. The zero-order valence-corrected chi connectivity index (χ0v) is 32.2. The molecule has 274 valence electrons. The maximum atomic E-state index is 12.0. The fraction of sp³-hybridized carbons (Fsp3) is 0.932. The van der Waals surface area contributed by atoms with Crippen molar-refractivity contribution in [3.05, 3.63) is 12.2 Å². The molecule has 0 aromatic heterocycles. The van der Waals surface area contributed by atoms with Crippen molar-refractivity contribution in [2.24, 2.45) is 5.92 Å². The van der Waals surface area contributed by atoms with E-state index >= 15 is 0 Å². The molecule has 0 fully saturated rings. The van der Waals surface area contributed by atoms with Crippen LogP contribution in [0.2, 0.25) is 0 Å². The second-order valence-electron chi connectivity index (χ2n) is 14.9. The highest BCUT2D eigenvalue weighted by Crippen LogP contribution is 2.17. The molecule has 0 spiro atoms. The van der Waals surface area contributed by atoms with E-state index in [0.29, 0.717) is 13.0 Å². The molecule has 0 rings (SSSR count). The zero-order valence-electron chi connectivity index (χ0n) is 32.2. The summed E-state index contributed by atoms with van der Waals surface area (Å²) < 4.78 is 5.47. The van der Waals surface area contributed by atoms with Crippen LogP contribution in [-0.2, 0) is 9.53 Å². The maximum absolute atomic E-state index is 12.0. The zero-order chi connectivity index (χ0) is 33.4. The number of carbonyl (C=O) groups excluding carboxylic acids is 1. The van der Waals surface area contributed by atoms with Crippen molar-refractivity contribution in [1.82, 2.24) is 0 Å². The molecular weight excluding hydrogens is 560 g/mol. The molecular formula is C44H86O2. The van der Waals surface area contributed by atoms with Crippen LogP contribution in [0.1, 0.15) is 252 Å². The Morgan fingerprint density at radius 3 is 1.22 bits per heavy atom. The third kappa shape index (κ3) is 39.4. The van der Waals surface area contributed by atoms with Gasteiger partial charge >= 0.3 is 5.97 Å². The van der Waals surface area contributed by atoms with Crippen LogP contribution in [0, 0.1) is 5.92 Å². The van der Waals surface area contributed by atoms with Crippen LogP contribution >= 0.6 is 0 Å². The molecule has 1 atom stereocenters. The summed E-state index contributed by atoms with van der Waals surface area (Å²) in [4.78, 5) is 12.0. The van der Waals surface area contributed by atoms with E-state index in [-0.39, 0.29) is 5.97 Å². The Hall–Kier alpha value is -0.790. The monoisotopic (exact) mass is 647 g/mol. The van der Waals surface area contributed by atoms with Crippen LogP contribution in [0.5, 0.6) is 0 Å². The lowest BCUT2D eigenvalue weighted by Crippen LogP contribution is -2.05. The Morgan fingerprint density at radius 2 is 0.804 bits per heavy atom. The molecule has 2 heteroatoms. The van der Waals surface area contributed by atoms with Gasteiger partial charge in [-0.2, -0.15) is 0 Å². The van der Waals surface area contributed by atoms with E-state index in [2.05, 4.69) is 32.9 Å². The van der Waals surface area contributed by atoms with Crippen molar-refractivity contribution < 1.29 is 9.53 Å². The molecule has 2 nitrogen and oxygen atoms in total. The molecule has 0 heterocycles. The van der Waals surface area contributed by atoms with Gasteiger partial charge in [-0.3, -0.25) is 4.79 Å². The summed E-state index contributed by atoms with van der Waals surface area (Å²) in [6, 6.07) is 0. The number of rotatable bonds is 39. The van der Waals surface area contributed by atoms with E-state index < -0.39 is 0 Å². The first-order chi connectivity index (χ1) is 22.7. The van der Waals surface area contributed by atoms with Crippen LogP contribution in [0.25, 0.3) is 0 Å². The Labute approximate surface area is 291 Å². The lowest BCUT2D eigenvalue weighted by Gasteiger charge is -2.07. The number of unbranched alkanes of at least 4 members (excludes halogenated alkanes) is 30. The van der Waals surface area contributed by atoms with Gasteiger partial charge < -0.3 is 4.74 Å². The summed E-state index contributed by atoms with van der Waals surface area (Å²) in [5, 5.41) is 0. The first kappa shape index (κ1) is 45.2. The summed E-state index contributed by atoms with van der Waals surface area (Å²) in [5.74, 6) is 0.956. The molecule has 1 unspecified atom stereocenters. The second-order valence-corrected chi connectivity index (χ2v) is 14.9. The molecule has 0 radical (unpaired) electrons. The minimum Gasteiger partial charge on any atom is -0.466 e. The van der Waals surface area contributed by atoms with Gasteiger partial charge in [-0.1, -0.05) is 219 Å². The molecule has 0 aliphatic carbocycles. The van der Waals surface area contributed by atoms with Crippen molar-refractivity contribution in [3.8, 4) is 0 Å². The van der Waals surface area contributed by atoms with Gasteiger partial charge in [0.15, 0.2) is 0 Å². The van der Waals surface area contributed by atoms with Gasteiger partial charge in [0.2, 0.25) is 0 Å². The predicted octanol–water partition coefficient (Wildman–Crippen LogP) is 15.8. The van der Waals surface area contributed by atoms with E-state index in [1.165, 1.54) is 212 Å². The Balaban J connectivity index is 3.18. The Morgan fingerprint density at radius 1 is 0.457 bits per heavy atom. The first-order valence-corrected chi connectivity index (χ1v) is 21.5. The molecule has 0 N–H and O–H groups in total. The lowest BCUT2D eigenvalue weighted by molar-refractivity contribution is -0.143. The van der Waals surface area contributed by atoms with E-state index in [1.54, 1.807) is 0 Å². The number of hydrogen-bond donors (Lipinski definition) is 0. The van der Waals surface area contributed by atoms with Crippen LogP contribution in [0.3, 0.4) is 0 Å². The van der Waals surface area contributed by atoms with Crippen LogP contribution < -0.4 is 0 Å². The molecule has 46 heavy (non-hydrogen) atoms. The van der Waals surface area contributed by atoms with E-state index in [0.717, 1.165) is 18.8 Å². The van der Waals surface area contributed by atoms with Gasteiger partial charge in [0.25, 0.3) is 0 Å². The largest absolute Gasteiger partial charge is 0.466 e. The highest BCUT2D eigenvalue weighted by atomic mass is 16.5. The summed E-state index contributed by atoms with van der Waals surface area (Å²) >= 11 is 0. The van der Waals surface area contributed by atoms with Gasteiger partial charge in [0.1, 0.15) is 0 Å². The standard InChI is InChI=1S/C44H86O2/c1-4-6-7-8-9-10-11-12-13-16-20-23-26-29-32-35-38-41-44(45)46-42-39-36-33-30-27-24-21-18-15-14-17-19-22-25-28-31-34-37-40-43(3)5-2/h12-13,43H,4-11,14-42H2,1-3H3. The van der Waals surface area contributed by atoms with Gasteiger partial charge in [-0.25, -0.2) is 0 Å². The number of carbonyl (C=O) groups is 1. The second kappa shape index (κ2) is 40.4. The molecule has 0 saturated carbocycles. The fourth-order valence-corrected chi connectivity index (χ4v) is 6.58. The highest BCUT2D eigenvalue weighted by Gasteiger charge is 2.03. The molecule has 0 bridgehead atoms. The number of hydrogen-bond acceptors (Lipinski definition) is 2. The summed E-state index contributed by atoms with van der Waals surface area (Å²) in [6.45, 7) is 7.63. The minimum absolute atomic E-state index is 0.0237. The molecule has 0 saturated heterocycles. The molecule has 0 aliphatic heterocycles. The van der Waals surface area contributed by atoms with Gasteiger partial charge in [0.05, 0.1) is 6.61 Å². The average molecular weight is 647 g/mol. The van der Waals surface area contributed by atoms with Gasteiger partial charge in [-0.05, 0) is 44.4 Å². The van der Waals surface area contributed by atoms with Crippen molar-refractivity contribution >= 4 is 5.97 Å². The molecule has 0 aromatic carbocycles. The quantitative estimate of drug-likeness (QED) is 0.0377. The van der Waals surface area contributed by atoms with E-state index in [1.807, 2.05) is 0 Å². The third-order valence-electron chi connectivity index (χ3n) is 10.2. The SMILES string of the molecule is CCCCCCCCC=CCCCCCCCCCC(=O)OCCCCCCCCCCCCCCCCCCCCC(C)CC. The number of ether oxygens (including phenoxy) is 1. The lowest BCUT2D eigenvalue weighted by atomic mass is 9.99. The number of allylic oxidation sites excluding steroid dienone is 2. The van der Waals surface area contributed by atoms with Crippen LogP contribution in [0.4, 0.5) is 0 Å². The van der Waals surface area contributed by atoms with Crippen molar-refractivity contribution in [1.29, 1.82) is 0 Å². The number of esters is 1. The van der Waals surface area contributed by atoms with Crippen molar-refractivity contribution in [2.45, 2.75) is 252 Å². The summed E-state index contributed by atoms with van der Waals surface area (Å²) in [6.07, 6.45) is 53.0. The minimum atomic E-state index is 0.0237. The van der Waals surface area contributed by atoms with E-state index in [4.69, 9.17) is 4.74 Å². The topological polar surface area (TPSA) is 26.3 Å². The Bertz CT molecular complexity index is 597. The van der Waals surface area contributed by atoms with Crippen LogP contribution in [0.15, 0.2) is 12.2 Å². The highest BCUT2D eigenvalue weighted by molar-refractivity contribution is 5.69.